The Morgan fingerprint density at radius 2 is 1.31 bits per heavy atom. The summed E-state index contributed by atoms with van der Waals surface area (Å²) in [7, 11) is 0. The Morgan fingerprint density at radius 3 is 1.97 bits per heavy atom. The van der Waals surface area contributed by atoms with Gasteiger partial charge in [-0.05, 0) is 32.4 Å². The summed E-state index contributed by atoms with van der Waals surface area (Å²) in [5.41, 5.74) is 0. The topological polar surface area (TPSA) is 66.0 Å². The van der Waals surface area contributed by atoms with Crippen LogP contribution in [-0.4, -0.2) is 64.8 Å². The summed E-state index contributed by atoms with van der Waals surface area (Å²) in [6, 6.07) is 0. The lowest BCUT2D eigenvalue weighted by Crippen LogP contribution is -2.33. The average molecular weight is 416 g/mol. The number of piperidine rings is 1. The van der Waals surface area contributed by atoms with Gasteiger partial charge in [0.15, 0.2) is 0 Å². The molecule has 1 fully saturated rings. The first-order valence-electron chi connectivity index (χ1n) is 12.0. The number of ether oxygens (including phenoxy) is 4. The van der Waals surface area contributed by atoms with Gasteiger partial charge in [-0.3, -0.25) is 4.79 Å². The lowest BCUT2D eigenvalue weighted by molar-refractivity contribution is -0.145. The van der Waals surface area contributed by atoms with Crippen molar-refractivity contribution in [3.05, 3.63) is 0 Å². The predicted octanol–water partition coefficient (Wildman–Crippen LogP) is 4.25. The average Bonchev–Trinajstić information content (AvgIpc) is 2.74. The molecule has 1 N–H and O–H groups in total. The van der Waals surface area contributed by atoms with E-state index in [9.17, 15) is 4.79 Å². The van der Waals surface area contributed by atoms with E-state index in [0.717, 1.165) is 38.8 Å². The fourth-order valence-electron chi connectivity index (χ4n) is 3.42. The first-order chi connectivity index (χ1) is 14.3. The van der Waals surface area contributed by atoms with Crippen LogP contribution in [0.2, 0.25) is 0 Å². The molecule has 0 spiro atoms. The number of rotatable bonds is 20. The monoisotopic (exact) mass is 415 g/mol. The highest BCUT2D eigenvalue weighted by Crippen LogP contribution is 2.10. The number of nitrogens with one attached hydrogen (secondary N) is 1. The van der Waals surface area contributed by atoms with Crippen LogP contribution < -0.4 is 5.32 Å². The summed E-state index contributed by atoms with van der Waals surface area (Å²) in [4.78, 5) is 11.7. The van der Waals surface area contributed by atoms with Crippen molar-refractivity contribution in [1.82, 2.24) is 5.32 Å². The van der Waals surface area contributed by atoms with Gasteiger partial charge < -0.3 is 24.3 Å². The van der Waals surface area contributed by atoms with Crippen LogP contribution in [0.4, 0.5) is 0 Å². The van der Waals surface area contributed by atoms with Crippen LogP contribution in [0.1, 0.15) is 84.0 Å². The molecule has 0 unspecified atom stereocenters. The molecular weight excluding hydrogens is 370 g/mol. The molecule has 29 heavy (non-hydrogen) atoms. The van der Waals surface area contributed by atoms with Crippen LogP contribution in [0, 0.1) is 0 Å². The van der Waals surface area contributed by atoms with Crippen LogP contribution in [0.25, 0.3) is 0 Å². The van der Waals surface area contributed by atoms with Crippen molar-refractivity contribution >= 4 is 5.97 Å². The predicted molar refractivity (Wildman–Crippen MR) is 116 cm³/mol. The van der Waals surface area contributed by atoms with Crippen molar-refractivity contribution in [2.24, 2.45) is 0 Å². The molecule has 0 atom stereocenters. The number of esters is 1. The Bertz CT molecular complexity index is 361. The number of hydrogen-bond acceptors (Lipinski definition) is 6. The Hall–Kier alpha value is -0.690. The van der Waals surface area contributed by atoms with Gasteiger partial charge in [-0.1, -0.05) is 58.3 Å². The van der Waals surface area contributed by atoms with Crippen LogP contribution in [-0.2, 0) is 23.7 Å². The standard InChI is InChI=1S/C23H45NO5/c1-2-3-4-5-6-7-8-9-10-11-23(25)29-21-19-27-17-16-26-18-20-28-22-12-14-24-15-13-22/h22,24H,2-21H2,1H3. The molecule has 0 radical (unpaired) electrons. The fourth-order valence-corrected chi connectivity index (χ4v) is 3.42. The van der Waals surface area contributed by atoms with Gasteiger partial charge in [-0.25, -0.2) is 0 Å². The molecule has 1 aliphatic rings. The zero-order valence-electron chi connectivity index (χ0n) is 18.8. The minimum atomic E-state index is -0.108. The molecule has 0 bridgehead atoms. The first kappa shape index (κ1) is 26.3. The maximum atomic E-state index is 11.7. The molecule has 0 aromatic heterocycles. The second kappa shape index (κ2) is 20.6. The van der Waals surface area contributed by atoms with Crippen molar-refractivity contribution in [2.45, 2.75) is 90.1 Å². The number of carbonyl (C=O) groups is 1. The van der Waals surface area contributed by atoms with Gasteiger partial charge in [-0.15, -0.1) is 0 Å². The number of unbranched alkanes of at least 4 members (excludes halogenated alkanes) is 8. The van der Waals surface area contributed by atoms with Crippen molar-refractivity contribution in [3.8, 4) is 0 Å². The second-order valence-electron chi connectivity index (χ2n) is 7.84. The largest absolute Gasteiger partial charge is 0.463 e. The quantitative estimate of drug-likeness (QED) is 0.237. The molecule has 6 nitrogen and oxygen atoms in total. The fraction of sp³-hybridized carbons (Fsp3) is 0.957. The van der Waals surface area contributed by atoms with E-state index in [1.165, 1.54) is 44.9 Å². The van der Waals surface area contributed by atoms with Gasteiger partial charge in [-0.2, -0.15) is 0 Å². The van der Waals surface area contributed by atoms with Gasteiger partial charge in [0.05, 0.1) is 39.1 Å². The van der Waals surface area contributed by atoms with Crippen LogP contribution in [0.3, 0.4) is 0 Å². The molecule has 1 rings (SSSR count). The molecule has 0 aliphatic carbocycles. The Morgan fingerprint density at radius 1 is 0.759 bits per heavy atom. The van der Waals surface area contributed by atoms with E-state index < -0.39 is 0 Å². The number of carbonyl (C=O) groups excluding carboxylic acids is 1. The third-order valence-electron chi connectivity index (χ3n) is 5.21. The second-order valence-corrected chi connectivity index (χ2v) is 7.84. The highest BCUT2D eigenvalue weighted by molar-refractivity contribution is 5.69. The molecule has 1 heterocycles. The van der Waals surface area contributed by atoms with E-state index >= 15 is 0 Å². The number of hydrogen-bond donors (Lipinski definition) is 1. The Balaban J connectivity index is 1.72. The summed E-state index contributed by atoms with van der Waals surface area (Å²) in [6.45, 7) is 7.39. The normalized spacial score (nSPS) is 14.9. The maximum absolute atomic E-state index is 11.7. The molecule has 1 aliphatic heterocycles. The third kappa shape index (κ3) is 17.8. The van der Waals surface area contributed by atoms with Gasteiger partial charge >= 0.3 is 5.97 Å². The summed E-state index contributed by atoms with van der Waals surface area (Å²) < 4.78 is 21.9. The molecule has 0 aromatic rings. The summed E-state index contributed by atoms with van der Waals surface area (Å²) >= 11 is 0. The Kier molecular flexibility index (Phi) is 18.7. The van der Waals surface area contributed by atoms with Gasteiger partial charge in [0.25, 0.3) is 0 Å². The zero-order chi connectivity index (χ0) is 20.8. The molecule has 172 valence electrons. The molecule has 0 aromatic carbocycles. The van der Waals surface area contributed by atoms with Crippen LogP contribution in [0.5, 0.6) is 0 Å². The smallest absolute Gasteiger partial charge is 0.305 e. The lowest BCUT2D eigenvalue weighted by atomic mass is 10.1. The lowest BCUT2D eigenvalue weighted by Gasteiger charge is -2.22. The van der Waals surface area contributed by atoms with E-state index in [4.69, 9.17) is 18.9 Å². The van der Waals surface area contributed by atoms with Gasteiger partial charge in [0.2, 0.25) is 0 Å². The summed E-state index contributed by atoms with van der Waals surface area (Å²) in [5, 5.41) is 3.32. The van der Waals surface area contributed by atoms with Gasteiger partial charge in [0.1, 0.15) is 6.61 Å². The van der Waals surface area contributed by atoms with Crippen molar-refractivity contribution in [2.75, 3.05) is 52.7 Å². The highest BCUT2D eigenvalue weighted by Gasteiger charge is 2.12. The third-order valence-corrected chi connectivity index (χ3v) is 5.21. The Labute approximate surface area is 178 Å². The minimum absolute atomic E-state index is 0.108. The van der Waals surface area contributed by atoms with E-state index in [1.807, 2.05) is 0 Å². The zero-order valence-corrected chi connectivity index (χ0v) is 18.8. The SMILES string of the molecule is CCCCCCCCCCCC(=O)OCCOCCOCCOC1CCNCC1. The van der Waals surface area contributed by atoms with Crippen molar-refractivity contribution in [3.63, 3.8) is 0 Å². The van der Waals surface area contributed by atoms with Gasteiger partial charge in [0, 0.05) is 6.42 Å². The molecular formula is C23H45NO5. The van der Waals surface area contributed by atoms with E-state index in [2.05, 4.69) is 12.2 Å². The molecule has 0 amide bonds. The highest BCUT2D eigenvalue weighted by atomic mass is 16.6. The van der Waals surface area contributed by atoms with Crippen molar-refractivity contribution < 1.29 is 23.7 Å². The summed E-state index contributed by atoms with van der Waals surface area (Å²) in [5.74, 6) is -0.108. The minimum Gasteiger partial charge on any atom is -0.463 e. The van der Waals surface area contributed by atoms with Crippen LogP contribution >= 0.6 is 0 Å². The van der Waals surface area contributed by atoms with Crippen molar-refractivity contribution in [1.29, 1.82) is 0 Å². The molecule has 0 saturated carbocycles. The van der Waals surface area contributed by atoms with E-state index in [-0.39, 0.29) is 5.97 Å². The van der Waals surface area contributed by atoms with E-state index in [0.29, 0.717) is 52.2 Å². The molecule has 6 heteroatoms. The van der Waals surface area contributed by atoms with Crippen LogP contribution in [0.15, 0.2) is 0 Å². The maximum Gasteiger partial charge on any atom is 0.305 e. The molecule has 1 saturated heterocycles. The first-order valence-corrected chi connectivity index (χ1v) is 12.0. The van der Waals surface area contributed by atoms with E-state index in [1.54, 1.807) is 0 Å². The summed E-state index contributed by atoms with van der Waals surface area (Å²) in [6.07, 6.45) is 14.3.